The molecule has 4 rings (SSSR count). The van der Waals surface area contributed by atoms with E-state index in [1.165, 1.54) is 17.4 Å². The number of amides is 10. The summed E-state index contributed by atoms with van der Waals surface area (Å²) < 4.78 is 0. The molecule has 0 spiro atoms. The predicted molar refractivity (Wildman–Crippen MR) is 278 cm³/mol. The third kappa shape index (κ3) is 20.1. The van der Waals surface area contributed by atoms with Gasteiger partial charge in [0.2, 0.25) is 59.1 Å². The van der Waals surface area contributed by atoms with Crippen molar-refractivity contribution in [3.05, 3.63) is 54.2 Å². The number of nitrogens with two attached hydrogens (primary N) is 4. The number of fused-ring (bicyclic) bond motifs is 1. The van der Waals surface area contributed by atoms with Crippen molar-refractivity contribution in [2.45, 2.75) is 114 Å². The van der Waals surface area contributed by atoms with Crippen molar-refractivity contribution in [1.29, 1.82) is 0 Å². The summed E-state index contributed by atoms with van der Waals surface area (Å²) in [7, 11) is 0. The van der Waals surface area contributed by atoms with Crippen molar-refractivity contribution >= 4 is 81.9 Å². The topological polar surface area (TPSA) is 489 Å². The van der Waals surface area contributed by atoms with Crippen LogP contribution in [0.5, 0.6) is 0 Å². The Morgan fingerprint density at radius 2 is 1.41 bits per heavy atom. The number of hydrogen-bond acceptors (Lipinski definition) is 15. The Kier molecular flexibility index (Phi) is 24.4. The molecule has 0 aliphatic carbocycles. The standard InChI is InChI=1S/C48H71N17O13/c1-25(2)15-32(43(74)61-31(9-5-13-54-48(51)52)47(78)65-14-6-10-36(65)46(77)58-22-40(70)71)60-39(69)21-56-38(68)20-57-42(73)35(23-66)64-44(75)33(16-26-18-55-30-8-4-3-7-28(26)30)63-45(76)34(17-27-19-53-24-59-27)62-41(72)29(49)11-12-37(50)67/h3-4,7-8,18-19,24-25,29,31-36,55,66H,5-6,9-17,20-23,49H2,1-2H3,(H2,50,67)(H,53,59)(H,56,68)(H,57,73)(H,58,77)(H,60,69)(H,61,74)(H,62,72)(H,63,76)(H,64,75)(H,70,71)(H4,51,52,54)/t29-,31-,32-,33-,34-,35-,36-/m0/s1. The van der Waals surface area contributed by atoms with E-state index in [2.05, 4.69) is 62.5 Å². The number of carbonyl (C=O) groups excluding carboxylic acids is 10. The summed E-state index contributed by atoms with van der Waals surface area (Å²) in [6, 6.07) is -2.03. The molecule has 1 saturated heterocycles. The number of carboxylic acid groups (broad SMARTS) is 1. The fourth-order valence-electron chi connectivity index (χ4n) is 8.30. The number of aliphatic hydroxyl groups is 1. The van der Waals surface area contributed by atoms with Gasteiger partial charge in [0.25, 0.3) is 0 Å². The second kappa shape index (κ2) is 30.8. The number of carbonyl (C=O) groups is 11. The van der Waals surface area contributed by atoms with E-state index < -0.39 is 134 Å². The van der Waals surface area contributed by atoms with Gasteiger partial charge >= 0.3 is 5.97 Å². The highest BCUT2D eigenvalue weighted by molar-refractivity contribution is 5.98. The van der Waals surface area contributed by atoms with Gasteiger partial charge in [-0.05, 0) is 56.1 Å². The Morgan fingerprint density at radius 3 is 2.06 bits per heavy atom. The van der Waals surface area contributed by atoms with Crippen molar-refractivity contribution < 1.29 is 63.0 Å². The monoisotopic (exact) mass is 1090 g/mol. The molecule has 426 valence electrons. The molecule has 2 aromatic heterocycles. The molecule has 0 saturated carbocycles. The molecule has 3 aromatic rings. The molecule has 1 aliphatic rings. The van der Waals surface area contributed by atoms with Gasteiger partial charge in [-0.1, -0.05) is 32.0 Å². The van der Waals surface area contributed by atoms with Gasteiger partial charge in [0.1, 0.15) is 42.8 Å². The quantitative estimate of drug-likeness (QED) is 0.0157. The van der Waals surface area contributed by atoms with Crippen molar-refractivity contribution in [2.75, 3.05) is 39.3 Å². The largest absolute Gasteiger partial charge is 0.480 e. The Labute approximate surface area is 447 Å². The Hall–Kier alpha value is -8.67. The number of rotatable bonds is 32. The van der Waals surface area contributed by atoms with Crippen LogP contribution in [0.15, 0.2) is 48.0 Å². The van der Waals surface area contributed by atoms with Gasteiger partial charge in [0.15, 0.2) is 5.96 Å². The summed E-state index contributed by atoms with van der Waals surface area (Å²) >= 11 is 0. The highest BCUT2D eigenvalue weighted by atomic mass is 16.4. The summed E-state index contributed by atoms with van der Waals surface area (Å²) in [4.78, 5) is 159. The van der Waals surface area contributed by atoms with E-state index in [0.29, 0.717) is 28.6 Å². The summed E-state index contributed by atoms with van der Waals surface area (Å²) in [5.41, 5.74) is 23.8. The molecule has 30 nitrogen and oxygen atoms in total. The first kappa shape index (κ1) is 61.9. The Morgan fingerprint density at radius 1 is 0.756 bits per heavy atom. The predicted octanol–water partition coefficient (Wildman–Crippen LogP) is -5.79. The molecule has 1 aliphatic heterocycles. The minimum Gasteiger partial charge on any atom is -0.480 e. The third-order valence-electron chi connectivity index (χ3n) is 12.2. The van der Waals surface area contributed by atoms with Crippen molar-refractivity contribution in [2.24, 2.45) is 33.8 Å². The molecule has 7 atom stereocenters. The number of imidazole rings is 1. The number of nitrogens with one attached hydrogen (secondary N) is 10. The summed E-state index contributed by atoms with van der Waals surface area (Å²) in [6.07, 6.45) is 4.76. The van der Waals surface area contributed by atoms with Crippen molar-refractivity contribution in [3.63, 3.8) is 0 Å². The van der Waals surface area contributed by atoms with Gasteiger partial charge in [-0.3, -0.25) is 57.7 Å². The van der Waals surface area contributed by atoms with Crippen LogP contribution in [-0.2, 0) is 65.6 Å². The zero-order chi connectivity index (χ0) is 57.5. The minimum absolute atomic E-state index is 0.0155. The van der Waals surface area contributed by atoms with Gasteiger partial charge in [0.05, 0.1) is 32.1 Å². The zero-order valence-electron chi connectivity index (χ0n) is 43.3. The number of aromatic nitrogens is 3. The fourth-order valence-corrected chi connectivity index (χ4v) is 8.30. The minimum atomic E-state index is -1.68. The van der Waals surface area contributed by atoms with Gasteiger partial charge < -0.3 is 90.5 Å². The lowest BCUT2D eigenvalue weighted by Crippen LogP contribution is -2.59. The van der Waals surface area contributed by atoms with Crippen molar-refractivity contribution in [3.8, 4) is 0 Å². The second-order valence-electron chi connectivity index (χ2n) is 18.9. The number of nitrogens with zero attached hydrogens (tertiary/aromatic N) is 3. The van der Waals surface area contributed by atoms with Crippen LogP contribution in [-0.4, -0.2) is 183 Å². The smallest absolute Gasteiger partial charge is 0.322 e. The third-order valence-corrected chi connectivity index (χ3v) is 12.2. The summed E-state index contributed by atoms with van der Waals surface area (Å²) in [6.45, 7) is 0.725. The number of primary amides is 1. The normalized spacial score (nSPS) is 15.3. The van der Waals surface area contributed by atoms with E-state index in [0.717, 1.165) is 0 Å². The SMILES string of the molecule is CC(C)C[C@H](NC(=O)CNC(=O)CNC(=O)[C@H](CO)NC(=O)[C@H](Cc1c[nH]c2ccccc12)NC(=O)[C@H](Cc1cnc[nH]1)NC(=O)[C@@H](N)CCC(N)=O)C(=O)N[C@@H](CCCN=C(N)N)C(=O)N1CCC[C@H]1C(=O)NCC(=O)O. The van der Waals surface area contributed by atoms with Crippen molar-refractivity contribution in [1.82, 2.24) is 62.4 Å². The van der Waals surface area contributed by atoms with E-state index in [-0.39, 0.29) is 76.3 Å². The van der Waals surface area contributed by atoms with Crippen LogP contribution in [0.25, 0.3) is 10.9 Å². The lowest BCUT2D eigenvalue weighted by atomic mass is 10.0. The number of guanidine groups is 1. The molecule has 20 N–H and O–H groups in total. The number of aromatic amines is 2. The molecule has 0 bridgehead atoms. The summed E-state index contributed by atoms with van der Waals surface area (Å²) in [5, 5.41) is 39.6. The number of para-hydroxylation sites is 1. The number of hydrogen-bond donors (Lipinski definition) is 16. The number of H-pyrrole nitrogens is 2. The number of aliphatic imine (C=N–C) groups is 1. The first-order chi connectivity index (χ1) is 37.1. The number of likely N-dealkylation sites (tertiary alicyclic amines) is 1. The van der Waals surface area contributed by atoms with E-state index in [1.807, 2.05) is 0 Å². The van der Waals surface area contributed by atoms with E-state index in [9.17, 15) is 57.8 Å². The van der Waals surface area contributed by atoms with Gasteiger partial charge in [-0.15, -0.1) is 0 Å². The average Bonchev–Trinajstić information content (AvgIpc) is 4.22. The molecule has 30 heteroatoms. The van der Waals surface area contributed by atoms with Crippen LogP contribution in [0.3, 0.4) is 0 Å². The molecule has 10 amide bonds. The molecular formula is C48H71N17O13. The molecule has 1 fully saturated rings. The molecule has 78 heavy (non-hydrogen) atoms. The Bertz CT molecular complexity index is 2620. The highest BCUT2D eigenvalue weighted by Gasteiger charge is 2.39. The zero-order valence-corrected chi connectivity index (χ0v) is 43.3. The van der Waals surface area contributed by atoms with Crippen LogP contribution in [0.4, 0.5) is 0 Å². The fraction of sp³-hybridized carbons (Fsp3) is 0.521. The van der Waals surface area contributed by atoms with Crippen LogP contribution >= 0.6 is 0 Å². The van der Waals surface area contributed by atoms with Gasteiger partial charge in [-0.25, -0.2) is 4.98 Å². The van der Waals surface area contributed by atoms with E-state index in [4.69, 9.17) is 28.0 Å². The van der Waals surface area contributed by atoms with Crippen LogP contribution in [0, 0.1) is 5.92 Å². The average molecular weight is 1090 g/mol. The highest BCUT2D eigenvalue weighted by Crippen LogP contribution is 2.21. The van der Waals surface area contributed by atoms with Crippen LogP contribution in [0.1, 0.15) is 70.1 Å². The lowest BCUT2D eigenvalue weighted by molar-refractivity contribution is -0.143. The number of carboxylic acids is 1. The van der Waals surface area contributed by atoms with Gasteiger partial charge in [-0.2, -0.15) is 0 Å². The van der Waals surface area contributed by atoms with E-state index in [1.54, 1.807) is 44.3 Å². The van der Waals surface area contributed by atoms with Crippen LogP contribution in [0.2, 0.25) is 0 Å². The molecule has 0 unspecified atom stereocenters. The second-order valence-corrected chi connectivity index (χ2v) is 18.9. The maximum atomic E-state index is 14.1. The lowest BCUT2D eigenvalue weighted by Gasteiger charge is -2.30. The first-order valence-electron chi connectivity index (χ1n) is 25.1. The Balaban J connectivity index is 1.40. The molecular weight excluding hydrogens is 1020 g/mol. The first-order valence-corrected chi connectivity index (χ1v) is 25.1. The molecule has 1 aromatic carbocycles. The maximum absolute atomic E-state index is 14.1. The summed E-state index contributed by atoms with van der Waals surface area (Å²) in [5.74, 6) is -9.75. The number of benzene rings is 1. The number of aliphatic hydroxyl groups excluding tert-OH is 1. The number of aliphatic carboxylic acids is 1. The van der Waals surface area contributed by atoms with Gasteiger partial charge in [0, 0.05) is 61.3 Å². The van der Waals surface area contributed by atoms with E-state index >= 15 is 0 Å². The molecule has 3 heterocycles. The molecule has 0 radical (unpaired) electrons. The van der Waals surface area contributed by atoms with Crippen LogP contribution < -0.4 is 65.5 Å². The maximum Gasteiger partial charge on any atom is 0.322 e.